The summed E-state index contributed by atoms with van der Waals surface area (Å²) in [7, 11) is 0. The molecule has 0 saturated carbocycles. The molecule has 4 nitrogen and oxygen atoms in total. The highest BCUT2D eigenvalue weighted by molar-refractivity contribution is 5.89. The maximum Gasteiger partial charge on any atom is 0.124 e. The first kappa shape index (κ1) is 8.47. The zero-order valence-corrected chi connectivity index (χ0v) is 7.46. The number of piperazine rings is 1. The molecule has 1 atom stereocenters. The molecule has 0 amide bonds. The Morgan fingerprint density at radius 2 is 2.31 bits per heavy atom. The Hall–Kier alpha value is -1.13. The zero-order valence-electron chi connectivity index (χ0n) is 7.46. The van der Waals surface area contributed by atoms with Crippen LogP contribution in [0, 0.1) is 0 Å². The number of nitrogens with one attached hydrogen (secondary N) is 3. The van der Waals surface area contributed by atoms with Gasteiger partial charge in [0.2, 0.25) is 0 Å². The Labute approximate surface area is 77.8 Å². The fraction of sp³-hybridized carbons (Fsp3) is 0.444. The van der Waals surface area contributed by atoms with Crippen LogP contribution in [0.25, 0.3) is 0 Å². The van der Waals surface area contributed by atoms with Crippen LogP contribution in [-0.4, -0.2) is 31.5 Å². The van der Waals surface area contributed by atoms with Crippen molar-refractivity contribution in [3.05, 3.63) is 24.6 Å². The van der Waals surface area contributed by atoms with Gasteiger partial charge in [-0.25, -0.2) is 4.99 Å². The summed E-state index contributed by atoms with van der Waals surface area (Å²) in [6.07, 6.45) is 7.56. The molecule has 0 aromatic heterocycles. The van der Waals surface area contributed by atoms with Gasteiger partial charge in [-0.3, -0.25) is 0 Å². The molecule has 70 valence electrons. The second-order valence-electron chi connectivity index (χ2n) is 3.07. The van der Waals surface area contributed by atoms with E-state index in [-0.39, 0.29) is 0 Å². The van der Waals surface area contributed by atoms with E-state index in [4.69, 9.17) is 0 Å². The molecule has 4 heteroatoms. The minimum atomic E-state index is 0.307. The van der Waals surface area contributed by atoms with Crippen molar-refractivity contribution >= 4 is 5.84 Å². The van der Waals surface area contributed by atoms with Gasteiger partial charge in [-0.15, -0.1) is 0 Å². The summed E-state index contributed by atoms with van der Waals surface area (Å²) in [6.45, 7) is 2.97. The Balaban J connectivity index is 2.01. The summed E-state index contributed by atoms with van der Waals surface area (Å²) in [6, 6.07) is 0.307. The van der Waals surface area contributed by atoms with E-state index in [1.807, 2.05) is 24.6 Å². The van der Waals surface area contributed by atoms with Crippen molar-refractivity contribution in [2.75, 3.05) is 19.6 Å². The second kappa shape index (κ2) is 4.20. The number of nitrogens with zero attached hydrogens (tertiary/aromatic N) is 1. The van der Waals surface area contributed by atoms with Crippen molar-refractivity contribution in [3.63, 3.8) is 0 Å². The van der Waals surface area contributed by atoms with Gasteiger partial charge in [-0.05, 0) is 12.2 Å². The van der Waals surface area contributed by atoms with E-state index >= 15 is 0 Å². The zero-order chi connectivity index (χ0) is 8.93. The molecule has 2 heterocycles. The Morgan fingerprint density at radius 3 is 3.15 bits per heavy atom. The maximum absolute atomic E-state index is 4.31. The maximum atomic E-state index is 4.31. The molecule has 3 N–H and O–H groups in total. The third kappa shape index (κ3) is 2.17. The van der Waals surface area contributed by atoms with Crippen LogP contribution >= 0.6 is 0 Å². The summed E-state index contributed by atoms with van der Waals surface area (Å²) < 4.78 is 0. The van der Waals surface area contributed by atoms with Crippen LogP contribution in [0.15, 0.2) is 29.5 Å². The second-order valence-corrected chi connectivity index (χ2v) is 3.07. The van der Waals surface area contributed by atoms with Crippen molar-refractivity contribution in [2.24, 2.45) is 4.99 Å². The number of allylic oxidation sites excluding steroid dienone is 2. The first-order chi connectivity index (χ1) is 6.47. The normalized spacial score (nSPS) is 27.7. The lowest BCUT2D eigenvalue weighted by molar-refractivity contribution is 0.483. The fourth-order valence-electron chi connectivity index (χ4n) is 1.44. The van der Waals surface area contributed by atoms with Crippen LogP contribution in [0.2, 0.25) is 0 Å². The molecule has 0 aromatic carbocycles. The summed E-state index contributed by atoms with van der Waals surface area (Å²) >= 11 is 0. The lowest BCUT2D eigenvalue weighted by Gasteiger charge is -2.25. The first-order valence-electron chi connectivity index (χ1n) is 4.57. The van der Waals surface area contributed by atoms with E-state index < -0.39 is 0 Å². The van der Waals surface area contributed by atoms with E-state index in [0.29, 0.717) is 6.04 Å². The minimum Gasteiger partial charge on any atom is -0.349 e. The van der Waals surface area contributed by atoms with Gasteiger partial charge in [-0.2, -0.15) is 0 Å². The van der Waals surface area contributed by atoms with Crippen LogP contribution < -0.4 is 16.0 Å². The standard InChI is InChI=1S/C9H14N4/c1-2-4-13-9(12-3-1)8-7-10-5-6-11-8/h1-4,8,10-11H,5-7H2,(H,12,13). The third-order valence-corrected chi connectivity index (χ3v) is 2.11. The highest BCUT2D eigenvalue weighted by atomic mass is 15.1. The smallest absolute Gasteiger partial charge is 0.124 e. The van der Waals surface area contributed by atoms with Crippen LogP contribution in [0.5, 0.6) is 0 Å². The summed E-state index contributed by atoms with van der Waals surface area (Å²) in [5.41, 5.74) is 0. The SMILES string of the molecule is C1=CN=C(C2CNCCN2)NC=C1. The van der Waals surface area contributed by atoms with Crippen molar-refractivity contribution in [1.82, 2.24) is 16.0 Å². The van der Waals surface area contributed by atoms with Crippen LogP contribution in [0.3, 0.4) is 0 Å². The molecule has 1 fully saturated rings. The molecule has 0 aliphatic carbocycles. The van der Waals surface area contributed by atoms with Gasteiger partial charge in [0.25, 0.3) is 0 Å². The van der Waals surface area contributed by atoms with Crippen molar-refractivity contribution in [3.8, 4) is 0 Å². The molecule has 1 saturated heterocycles. The average molecular weight is 178 g/mol. The van der Waals surface area contributed by atoms with Gasteiger partial charge < -0.3 is 16.0 Å². The summed E-state index contributed by atoms with van der Waals surface area (Å²) in [4.78, 5) is 4.31. The summed E-state index contributed by atoms with van der Waals surface area (Å²) in [5.74, 6) is 0.984. The predicted molar refractivity (Wildman–Crippen MR) is 53.5 cm³/mol. The molecule has 2 aliphatic heterocycles. The predicted octanol–water partition coefficient (Wildman–Crippen LogP) is -0.423. The number of aliphatic imine (C=N–C) groups is 1. The molecule has 0 spiro atoms. The first-order valence-corrected chi connectivity index (χ1v) is 4.57. The Kier molecular flexibility index (Phi) is 2.74. The van der Waals surface area contributed by atoms with Crippen LogP contribution in [-0.2, 0) is 0 Å². The molecule has 1 unspecified atom stereocenters. The lowest BCUT2D eigenvalue weighted by atomic mass is 10.2. The summed E-state index contributed by atoms with van der Waals surface area (Å²) in [5, 5.41) is 9.87. The molecular formula is C9H14N4. The number of hydrogen-bond acceptors (Lipinski definition) is 4. The average Bonchev–Trinajstić information content (AvgIpc) is 2.47. The van der Waals surface area contributed by atoms with Gasteiger partial charge in [0.15, 0.2) is 0 Å². The van der Waals surface area contributed by atoms with Crippen LogP contribution in [0.4, 0.5) is 0 Å². The van der Waals surface area contributed by atoms with Crippen molar-refractivity contribution < 1.29 is 0 Å². The number of hydrogen-bond donors (Lipinski definition) is 3. The minimum absolute atomic E-state index is 0.307. The van der Waals surface area contributed by atoms with E-state index in [2.05, 4.69) is 20.9 Å². The van der Waals surface area contributed by atoms with E-state index in [9.17, 15) is 0 Å². The van der Waals surface area contributed by atoms with Gasteiger partial charge in [0, 0.05) is 32.0 Å². The van der Waals surface area contributed by atoms with E-state index in [1.54, 1.807) is 0 Å². The van der Waals surface area contributed by atoms with Crippen molar-refractivity contribution in [1.29, 1.82) is 0 Å². The van der Waals surface area contributed by atoms with Gasteiger partial charge in [0.1, 0.15) is 5.84 Å². The molecule has 13 heavy (non-hydrogen) atoms. The molecule has 2 rings (SSSR count). The Morgan fingerprint density at radius 1 is 1.31 bits per heavy atom. The van der Waals surface area contributed by atoms with Crippen LogP contribution in [0.1, 0.15) is 0 Å². The third-order valence-electron chi connectivity index (χ3n) is 2.11. The monoisotopic (exact) mass is 178 g/mol. The molecular weight excluding hydrogens is 164 g/mol. The van der Waals surface area contributed by atoms with Gasteiger partial charge in [0.05, 0.1) is 6.04 Å². The number of amidine groups is 1. The molecule has 0 radical (unpaired) electrons. The highest BCUT2D eigenvalue weighted by Crippen LogP contribution is 1.94. The van der Waals surface area contributed by atoms with Crippen molar-refractivity contribution in [2.45, 2.75) is 6.04 Å². The molecule has 2 aliphatic rings. The van der Waals surface area contributed by atoms with E-state index in [1.165, 1.54) is 0 Å². The quantitative estimate of drug-likeness (QED) is 0.511. The highest BCUT2D eigenvalue weighted by Gasteiger charge is 2.17. The molecule has 0 aromatic rings. The topological polar surface area (TPSA) is 48.5 Å². The number of rotatable bonds is 1. The van der Waals surface area contributed by atoms with Gasteiger partial charge in [-0.1, -0.05) is 0 Å². The lowest BCUT2D eigenvalue weighted by Crippen LogP contribution is -2.54. The van der Waals surface area contributed by atoms with Gasteiger partial charge >= 0.3 is 0 Å². The largest absolute Gasteiger partial charge is 0.349 e. The Bertz CT molecular complexity index is 248. The molecule has 0 bridgehead atoms. The van der Waals surface area contributed by atoms with E-state index in [0.717, 1.165) is 25.5 Å². The fourth-order valence-corrected chi connectivity index (χ4v) is 1.44.